The van der Waals surface area contributed by atoms with Gasteiger partial charge in [-0.2, -0.15) is 13.2 Å². The number of methoxy groups -OCH3 is 1. The molecule has 0 radical (unpaired) electrons. The van der Waals surface area contributed by atoms with Gasteiger partial charge in [-0.25, -0.2) is 4.79 Å². The molecule has 0 saturated carbocycles. The van der Waals surface area contributed by atoms with Gasteiger partial charge in [-0.1, -0.05) is 0 Å². The van der Waals surface area contributed by atoms with Gasteiger partial charge in [0.05, 0.1) is 20.2 Å². The lowest BCUT2D eigenvalue weighted by Gasteiger charge is -2.17. The van der Waals surface area contributed by atoms with Crippen LogP contribution in [-0.4, -0.2) is 50.3 Å². The molecular formula is C15H21F3N2O3. The monoisotopic (exact) mass is 334 g/mol. The highest BCUT2D eigenvalue weighted by Gasteiger charge is 2.34. The lowest BCUT2D eigenvalue weighted by atomic mass is 10.1. The van der Waals surface area contributed by atoms with E-state index >= 15 is 0 Å². The first kappa shape index (κ1) is 17.8. The summed E-state index contributed by atoms with van der Waals surface area (Å²) in [7, 11) is 1.31. The zero-order valence-corrected chi connectivity index (χ0v) is 13.2. The number of hydrogen-bond donors (Lipinski definition) is 1. The predicted molar refractivity (Wildman–Crippen MR) is 77.1 cm³/mol. The summed E-state index contributed by atoms with van der Waals surface area (Å²) < 4.78 is 47.1. The molecule has 2 heterocycles. The molecule has 1 aliphatic rings. The third kappa shape index (κ3) is 5.24. The molecule has 0 amide bonds. The number of esters is 1. The van der Waals surface area contributed by atoms with E-state index in [2.05, 4.69) is 10.1 Å². The number of hydrogen-bond acceptors (Lipinski definition) is 5. The van der Waals surface area contributed by atoms with Crippen molar-refractivity contribution in [2.45, 2.75) is 26.1 Å². The molecule has 5 nitrogen and oxygen atoms in total. The molecule has 0 bridgehead atoms. The maximum absolute atomic E-state index is 12.3. The highest BCUT2D eigenvalue weighted by molar-refractivity contribution is 5.90. The van der Waals surface area contributed by atoms with E-state index in [0.717, 1.165) is 6.42 Å². The fourth-order valence-corrected chi connectivity index (χ4v) is 2.82. The van der Waals surface area contributed by atoms with Gasteiger partial charge in [-0.05, 0) is 38.4 Å². The Labute approximate surface area is 132 Å². The number of halogens is 3. The van der Waals surface area contributed by atoms with Crippen LogP contribution in [-0.2, 0) is 11.3 Å². The van der Waals surface area contributed by atoms with Crippen LogP contribution in [0.5, 0.6) is 0 Å². The average molecular weight is 334 g/mol. The second kappa shape index (κ2) is 7.35. The van der Waals surface area contributed by atoms with Crippen molar-refractivity contribution in [3.05, 3.63) is 23.2 Å². The number of likely N-dealkylation sites (tertiary alicyclic amines) is 1. The largest absolute Gasteiger partial charge is 0.465 e. The first-order valence-electron chi connectivity index (χ1n) is 7.46. The van der Waals surface area contributed by atoms with Gasteiger partial charge in [0, 0.05) is 6.54 Å². The Morgan fingerprint density at radius 1 is 1.52 bits per heavy atom. The topological polar surface area (TPSA) is 54.7 Å². The van der Waals surface area contributed by atoms with Crippen LogP contribution in [0.4, 0.5) is 13.2 Å². The molecule has 23 heavy (non-hydrogen) atoms. The fraction of sp³-hybridized carbons (Fsp3) is 0.667. The van der Waals surface area contributed by atoms with Gasteiger partial charge >= 0.3 is 12.1 Å². The van der Waals surface area contributed by atoms with E-state index in [4.69, 9.17) is 4.42 Å². The summed E-state index contributed by atoms with van der Waals surface area (Å²) in [5.74, 6) is 0.837. The normalized spacial score (nSPS) is 19.3. The van der Waals surface area contributed by atoms with Crippen molar-refractivity contribution in [3.8, 4) is 0 Å². The first-order valence-corrected chi connectivity index (χ1v) is 7.46. The van der Waals surface area contributed by atoms with Gasteiger partial charge in [0.15, 0.2) is 0 Å². The second-order valence-electron chi connectivity index (χ2n) is 5.81. The van der Waals surface area contributed by atoms with Crippen LogP contribution in [0.3, 0.4) is 0 Å². The molecule has 1 atom stereocenters. The lowest BCUT2D eigenvalue weighted by Crippen LogP contribution is -2.33. The molecule has 1 aromatic heterocycles. The molecule has 1 aliphatic heterocycles. The SMILES string of the molecule is COC(=O)c1cc(CNCC2CCN(CC(F)(F)F)C2)oc1C. The van der Waals surface area contributed by atoms with Gasteiger partial charge < -0.3 is 14.5 Å². The summed E-state index contributed by atoms with van der Waals surface area (Å²) in [6.45, 7) is 2.79. The van der Waals surface area contributed by atoms with E-state index in [1.807, 2.05) is 0 Å². The predicted octanol–water partition coefficient (Wildman–Crippen LogP) is 2.35. The first-order chi connectivity index (χ1) is 10.8. The van der Waals surface area contributed by atoms with E-state index in [1.165, 1.54) is 12.0 Å². The standard InChI is InChI=1S/C15H21F3N2O3/c1-10-13(14(21)22-2)5-12(23-10)7-19-6-11-3-4-20(8-11)9-15(16,17)18/h5,11,19H,3-4,6-9H2,1-2H3. The number of ether oxygens (including phenoxy) is 1. The van der Waals surface area contributed by atoms with Crippen molar-refractivity contribution < 1.29 is 27.1 Å². The molecule has 1 unspecified atom stereocenters. The van der Waals surface area contributed by atoms with Crippen molar-refractivity contribution in [1.29, 1.82) is 0 Å². The van der Waals surface area contributed by atoms with E-state index in [0.29, 0.717) is 43.3 Å². The third-order valence-corrected chi connectivity index (χ3v) is 3.88. The zero-order valence-electron chi connectivity index (χ0n) is 13.2. The number of carbonyl (C=O) groups excluding carboxylic acids is 1. The summed E-state index contributed by atoms with van der Waals surface area (Å²) in [4.78, 5) is 12.9. The number of rotatable bonds is 6. The molecular weight excluding hydrogens is 313 g/mol. The molecule has 1 aromatic rings. The molecule has 1 saturated heterocycles. The van der Waals surface area contributed by atoms with Crippen molar-refractivity contribution in [2.24, 2.45) is 5.92 Å². The van der Waals surface area contributed by atoms with Gasteiger partial charge in [0.1, 0.15) is 17.1 Å². The summed E-state index contributed by atoms with van der Waals surface area (Å²) in [5.41, 5.74) is 0.390. The smallest absolute Gasteiger partial charge is 0.401 e. The van der Waals surface area contributed by atoms with E-state index < -0.39 is 18.7 Å². The van der Waals surface area contributed by atoms with Crippen molar-refractivity contribution in [3.63, 3.8) is 0 Å². The Kier molecular flexibility index (Phi) is 5.69. The van der Waals surface area contributed by atoms with E-state index in [-0.39, 0.29) is 5.92 Å². The summed E-state index contributed by atoms with van der Waals surface area (Å²) in [6.07, 6.45) is -3.40. The number of furan rings is 1. The fourth-order valence-electron chi connectivity index (χ4n) is 2.82. The quantitative estimate of drug-likeness (QED) is 0.810. The maximum atomic E-state index is 12.3. The minimum Gasteiger partial charge on any atom is -0.465 e. The highest BCUT2D eigenvalue weighted by atomic mass is 19.4. The minimum atomic E-state index is -4.14. The van der Waals surface area contributed by atoms with Gasteiger partial charge in [-0.3, -0.25) is 4.90 Å². The number of carbonyl (C=O) groups is 1. The molecule has 2 rings (SSSR count). The van der Waals surface area contributed by atoms with Crippen molar-refractivity contribution in [1.82, 2.24) is 10.2 Å². The molecule has 1 fully saturated rings. The molecule has 0 spiro atoms. The second-order valence-corrected chi connectivity index (χ2v) is 5.81. The van der Waals surface area contributed by atoms with Crippen LogP contribution in [0.25, 0.3) is 0 Å². The van der Waals surface area contributed by atoms with Crippen LogP contribution < -0.4 is 5.32 Å². The van der Waals surface area contributed by atoms with Gasteiger partial charge in [0.25, 0.3) is 0 Å². The van der Waals surface area contributed by atoms with Crippen molar-refractivity contribution in [2.75, 3.05) is 33.3 Å². The van der Waals surface area contributed by atoms with Gasteiger partial charge in [0.2, 0.25) is 0 Å². The number of nitrogens with one attached hydrogen (secondary N) is 1. The molecule has 0 aliphatic carbocycles. The Morgan fingerprint density at radius 2 is 2.26 bits per heavy atom. The third-order valence-electron chi connectivity index (χ3n) is 3.88. The Balaban J connectivity index is 1.75. The lowest BCUT2D eigenvalue weighted by molar-refractivity contribution is -0.143. The molecule has 8 heteroatoms. The maximum Gasteiger partial charge on any atom is 0.401 e. The van der Waals surface area contributed by atoms with Crippen LogP contribution >= 0.6 is 0 Å². The van der Waals surface area contributed by atoms with Gasteiger partial charge in [-0.15, -0.1) is 0 Å². The minimum absolute atomic E-state index is 0.188. The van der Waals surface area contributed by atoms with Crippen LogP contribution in [0, 0.1) is 12.8 Å². The van der Waals surface area contributed by atoms with E-state index in [9.17, 15) is 18.0 Å². The summed E-state index contributed by atoms with van der Waals surface area (Å²) >= 11 is 0. The van der Waals surface area contributed by atoms with Crippen LogP contribution in [0.1, 0.15) is 28.3 Å². The Hall–Kier alpha value is -1.54. The van der Waals surface area contributed by atoms with E-state index in [1.54, 1.807) is 13.0 Å². The zero-order chi connectivity index (χ0) is 17.0. The van der Waals surface area contributed by atoms with Crippen LogP contribution in [0.2, 0.25) is 0 Å². The van der Waals surface area contributed by atoms with Crippen LogP contribution in [0.15, 0.2) is 10.5 Å². The Morgan fingerprint density at radius 3 is 2.91 bits per heavy atom. The van der Waals surface area contributed by atoms with Crippen molar-refractivity contribution >= 4 is 5.97 Å². The molecule has 1 N–H and O–H groups in total. The number of nitrogens with zero attached hydrogens (tertiary/aromatic N) is 1. The number of aryl methyl sites for hydroxylation is 1. The number of alkyl halides is 3. The molecule has 130 valence electrons. The Bertz CT molecular complexity index is 543. The molecule has 0 aromatic carbocycles. The average Bonchev–Trinajstić information content (AvgIpc) is 3.03. The summed E-state index contributed by atoms with van der Waals surface area (Å²) in [5, 5.41) is 3.17. The summed E-state index contributed by atoms with van der Waals surface area (Å²) in [6, 6.07) is 1.62. The highest BCUT2D eigenvalue weighted by Crippen LogP contribution is 2.22.